The van der Waals surface area contributed by atoms with Crippen LogP contribution in [0.1, 0.15) is 45.1 Å². The van der Waals surface area contributed by atoms with E-state index in [1.165, 1.54) is 12.8 Å². The second-order valence-electron chi connectivity index (χ2n) is 6.01. The third kappa shape index (κ3) is 5.61. The van der Waals surface area contributed by atoms with E-state index in [0.717, 1.165) is 24.9 Å². The highest BCUT2D eigenvalue weighted by molar-refractivity contribution is 5.77. The first-order valence-corrected chi connectivity index (χ1v) is 7.79. The molecule has 0 bridgehead atoms. The second kappa shape index (κ2) is 7.86. The predicted molar refractivity (Wildman–Crippen MR) is 85.3 cm³/mol. The molecule has 116 valence electrons. The molecule has 0 atom stereocenters. The van der Waals surface area contributed by atoms with Crippen LogP contribution in [-0.2, 0) is 6.54 Å². The zero-order chi connectivity index (χ0) is 15.1. The van der Waals surface area contributed by atoms with E-state index in [-0.39, 0.29) is 0 Å². The Balaban J connectivity index is 1.80. The van der Waals surface area contributed by atoms with Crippen LogP contribution in [-0.4, -0.2) is 23.6 Å². The monoisotopic (exact) mass is 290 g/mol. The fourth-order valence-electron chi connectivity index (χ4n) is 2.29. The predicted octanol–water partition coefficient (Wildman–Crippen LogP) is 2.46. The molecule has 0 saturated heterocycles. The molecule has 1 heterocycles. The molecule has 1 aromatic rings. The van der Waals surface area contributed by atoms with Gasteiger partial charge in [0.1, 0.15) is 6.10 Å². The van der Waals surface area contributed by atoms with Crippen molar-refractivity contribution in [2.45, 2.75) is 52.2 Å². The Morgan fingerprint density at radius 1 is 1.43 bits per heavy atom. The summed E-state index contributed by atoms with van der Waals surface area (Å²) in [6, 6.07) is 3.91. The number of nitrogens with zero attached hydrogens (tertiary/aromatic N) is 2. The van der Waals surface area contributed by atoms with Gasteiger partial charge in [0, 0.05) is 18.8 Å². The summed E-state index contributed by atoms with van der Waals surface area (Å²) >= 11 is 0. The summed E-state index contributed by atoms with van der Waals surface area (Å²) in [7, 11) is 0. The molecule has 5 nitrogen and oxygen atoms in total. The minimum Gasteiger partial charge on any atom is -0.474 e. The molecule has 3 N–H and O–H groups in total. The van der Waals surface area contributed by atoms with Crippen LogP contribution in [0.15, 0.2) is 23.3 Å². The van der Waals surface area contributed by atoms with E-state index in [4.69, 9.17) is 10.5 Å². The number of nitrogens with two attached hydrogens (primary N) is 1. The molecular formula is C16H26N4O. The quantitative estimate of drug-likeness (QED) is 0.623. The molecule has 1 saturated carbocycles. The molecule has 5 heteroatoms. The van der Waals surface area contributed by atoms with Gasteiger partial charge in [-0.25, -0.2) is 9.98 Å². The summed E-state index contributed by atoms with van der Waals surface area (Å²) in [5.41, 5.74) is 6.83. The van der Waals surface area contributed by atoms with E-state index >= 15 is 0 Å². The Morgan fingerprint density at radius 3 is 2.81 bits per heavy atom. The van der Waals surface area contributed by atoms with Crippen LogP contribution in [0.5, 0.6) is 5.88 Å². The summed E-state index contributed by atoms with van der Waals surface area (Å²) in [6.07, 6.45) is 6.97. The highest BCUT2D eigenvalue weighted by atomic mass is 16.5. The van der Waals surface area contributed by atoms with E-state index in [0.29, 0.717) is 30.4 Å². The molecule has 0 aromatic carbocycles. The number of guanidine groups is 1. The maximum Gasteiger partial charge on any atom is 0.213 e. The van der Waals surface area contributed by atoms with E-state index < -0.39 is 0 Å². The standard InChI is InChI=1S/C16H26N4O/c1-12(2)9-19-16(17)20-11-13-7-8-15(18-10-13)21-14-5-3-4-6-14/h7-8,10,12,14H,3-6,9,11H2,1-2H3,(H3,17,19,20). The average molecular weight is 290 g/mol. The normalized spacial score (nSPS) is 16.4. The van der Waals surface area contributed by atoms with Gasteiger partial charge in [-0.1, -0.05) is 19.9 Å². The number of hydrogen-bond acceptors (Lipinski definition) is 3. The van der Waals surface area contributed by atoms with Crippen LogP contribution >= 0.6 is 0 Å². The summed E-state index contributed by atoms with van der Waals surface area (Å²) in [4.78, 5) is 8.64. The highest BCUT2D eigenvalue weighted by Gasteiger charge is 2.16. The number of rotatable bonds is 6. The average Bonchev–Trinajstić information content (AvgIpc) is 2.97. The van der Waals surface area contributed by atoms with Gasteiger partial charge in [-0.3, -0.25) is 0 Å². The van der Waals surface area contributed by atoms with Crippen molar-refractivity contribution >= 4 is 5.96 Å². The zero-order valence-electron chi connectivity index (χ0n) is 13.0. The van der Waals surface area contributed by atoms with Crippen LogP contribution in [0.3, 0.4) is 0 Å². The fraction of sp³-hybridized carbons (Fsp3) is 0.625. The molecule has 0 unspecified atom stereocenters. The first kappa shape index (κ1) is 15.6. The van der Waals surface area contributed by atoms with Crippen LogP contribution in [0.4, 0.5) is 0 Å². The Labute approximate surface area is 127 Å². The van der Waals surface area contributed by atoms with Crippen molar-refractivity contribution in [3.8, 4) is 5.88 Å². The molecule has 2 rings (SSSR count). The van der Waals surface area contributed by atoms with Crippen molar-refractivity contribution in [3.05, 3.63) is 23.9 Å². The molecule has 1 aliphatic carbocycles. The van der Waals surface area contributed by atoms with Crippen molar-refractivity contribution in [1.29, 1.82) is 0 Å². The van der Waals surface area contributed by atoms with Gasteiger partial charge in [0.15, 0.2) is 5.96 Å². The van der Waals surface area contributed by atoms with Crippen LogP contribution in [0.25, 0.3) is 0 Å². The Morgan fingerprint density at radius 2 is 2.19 bits per heavy atom. The molecule has 1 fully saturated rings. The van der Waals surface area contributed by atoms with Gasteiger partial charge in [-0.15, -0.1) is 0 Å². The smallest absolute Gasteiger partial charge is 0.213 e. The van der Waals surface area contributed by atoms with Crippen molar-refractivity contribution in [2.24, 2.45) is 16.6 Å². The summed E-state index contributed by atoms with van der Waals surface area (Å²) in [6.45, 7) is 5.63. The van der Waals surface area contributed by atoms with Gasteiger partial charge >= 0.3 is 0 Å². The number of hydrogen-bond donors (Lipinski definition) is 2. The summed E-state index contributed by atoms with van der Waals surface area (Å²) in [5.74, 6) is 1.74. The highest BCUT2D eigenvalue weighted by Crippen LogP contribution is 2.22. The molecule has 0 aliphatic heterocycles. The van der Waals surface area contributed by atoms with Crippen molar-refractivity contribution in [2.75, 3.05) is 6.54 Å². The number of aliphatic imine (C=N–C) groups is 1. The third-order valence-electron chi connectivity index (χ3n) is 3.51. The van der Waals surface area contributed by atoms with Crippen molar-refractivity contribution < 1.29 is 4.74 Å². The maximum atomic E-state index is 5.84. The molecular weight excluding hydrogens is 264 g/mol. The van der Waals surface area contributed by atoms with Gasteiger partial charge in [0.05, 0.1) is 6.54 Å². The van der Waals surface area contributed by atoms with E-state index in [1.807, 2.05) is 18.3 Å². The Hall–Kier alpha value is -1.78. The maximum absolute atomic E-state index is 5.84. The Bertz CT molecular complexity index is 450. The van der Waals surface area contributed by atoms with Crippen molar-refractivity contribution in [3.63, 3.8) is 0 Å². The largest absolute Gasteiger partial charge is 0.474 e. The number of ether oxygens (including phenoxy) is 1. The molecule has 0 amide bonds. The van der Waals surface area contributed by atoms with Gasteiger partial charge < -0.3 is 15.8 Å². The minimum absolute atomic E-state index is 0.345. The van der Waals surface area contributed by atoms with Crippen molar-refractivity contribution in [1.82, 2.24) is 10.3 Å². The molecule has 1 aromatic heterocycles. The van der Waals surface area contributed by atoms with Gasteiger partial charge in [-0.2, -0.15) is 0 Å². The lowest BCUT2D eigenvalue weighted by Crippen LogP contribution is -2.34. The number of pyridine rings is 1. The van der Waals surface area contributed by atoms with E-state index in [9.17, 15) is 0 Å². The molecule has 1 aliphatic rings. The lowest BCUT2D eigenvalue weighted by Gasteiger charge is -2.12. The van der Waals surface area contributed by atoms with Gasteiger partial charge in [-0.05, 0) is 37.2 Å². The van der Waals surface area contributed by atoms with Crippen LogP contribution < -0.4 is 15.8 Å². The molecule has 21 heavy (non-hydrogen) atoms. The first-order chi connectivity index (χ1) is 10.1. The number of nitrogens with one attached hydrogen (secondary N) is 1. The first-order valence-electron chi connectivity index (χ1n) is 7.79. The fourth-order valence-corrected chi connectivity index (χ4v) is 2.29. The topological polar surface area (TPSA) is 72.5 Å². The lowest BCUT2D eigenvalue weighted by atomic mass is 10.2. The third-order valence-corrected chi connectivity index (χ3v) is 3.51. The zero-order valence-corrected chi connectivity index (χ0v) is 13.0. The Kier molecular flexibility index (Phi) is 5.84. The lowest BCUT2D eigenvalue weighted by molar-refractivity contribution is 0.201. The van der Waals surface area contributed by atoms with Crippen LogP contribution in [0, 0.1) is 5.92 Å². The SMILES string of the molecule is CC(C)CNC(N)=NCc1ccc(OC2CCCC2)nc1. The van der Waals surface area contributed by atoms with Gasteiger partial charge in [0.2, 0.25) is 5.88 Å². The molecule has 0 radical (unpaired) electrons. The minimum atomic E-state index is 0.345. The van der Waals surface area contributed by atoms with Gasteiger partial charge in [0.25, 0.3) is 0 Å². The summed E-state index contributed by atoms with van der Waals surface area (Å²) < 4.78 is 5.84. The number of aromatic nitrogens is 1. The summed E-state index contributed by atoms with van der Waals surface area (Å²) in [5, 5.41) is 3.09. The molecule has 0 spiro atoms. The van der Waals surface area contributed by atoms with E-state index in [1.54, 1.807) is 0 Å². The second-order valence-corrected chi connectivity index (χ2v) is 6.01. The van der Waals surface area contributed by atoms with E-state index in [2.05, 4.69) is 29.1 Å². The van der Waals surface area contributed by atoms with Crippen LogP contribution in [0.2, 0.25) is 0 Å².